The molecule has 0 amide bonds. The Labute approximate surface area is 175 Å². The molecule has 29 heavy (non-hydrogen) atoms. The number of piperidine rings is 1. The summed E-state index contributed by atoms with van der Waals surface area (Å²) in [6.07, 6.45) is 3.74. The van der Waals surface area contributed by atoms with Crippen molar-refractivity contribution < 1.29 is 9.90 Å². The number of carbonyl (C=O) groups is 1. The van der Waals surface area contributed by atoms with Crippen LogP contribution in [0.3, 0.4) is 0 Å². The standard InChI is InChI=1S/C24H26N2O2S/c27-21(8-6-19-18-4-2-1-3-16(18)13-22(19)28)17-5-7-20-23(14-17)29-24(26-20)15-9-11-25-12-10-15/h1-5,7,14-15,19,22,25,28H,6,8-13H2/t19-,22+/m0/s1. The van der Waals surface area contributed by atoms with E-state index in [9.17, 15) is 9.90 Å². The van der Waals surface area contributed by atoms with Gasteiger partial charge in [-0.25, -0.2) is 4.98 Å². The van der Waals surface area contributed by atoms with Crippen molar-refractivity contribution in [1.82, 2.24) is 10.3 Å². The fourth-order valence-corrected chi connectivity index (χ4v) is 5.97. The van der Waals surface area contributed by atoms with E-state index in [2.05, 4.69) is 17.4 Å². The first kappa shape index (κ1) is 18.9. The van der Waals surface area contributed by atoms with Crippen molar-refractivity contribution in [3.63, 3.8) is 0 Å². The van der Waals surface area contributed by atoms with E-state index in [-0.39, 0.29) is 17.8 Å². The molecular formula is C24H26N2O2S. The third-order valence-corrected chi connectivity index (χ3v) is 7.63. The van der Waals surface area contributed by atoms with Crippen LogP contribution >= 0.6 is 11.3 Å². The summed E-state index contributed by atoms with van der Waals surface area (Å²) < 4.78 is 1.11. The van der Waals surface area contributed by atoms with Crippen molar-refractivity contribution >= 4 is 27.3 Å². The molecular weight excluding hydrogens is 380 g/mol. The van der Waals surface area contributed by atoms with Crippen molar-refractivity contribution in [2.24, 2.45) is 0 Å². The van der Waals surface area contributed by atoms with Gasteiger partial charge in [0.15, 0.2) is 5.78 Å². The van der Waals surface area contributed by atoms with Gasteiger partial charge in [0.05, 0.1) is 21.3 Å². The number of hydrogen-bond acceptors (Lipinski definition) is 5. The smallest absolute Gasteiger partial charge is 0.162 e. The lowest BCUT2D eigenvalue weighted by Gasteiger charge is -2.20. The number of thiazole rings is 1. The highest BCUT2D eigenvalue weighted by Crippen LogP contribution is 2.37. The average molecular weight is 407 g/mol. The number of hydrogen-bond donors (Lipinski definition) is 2. The molecule has 150 valence electrons. The molecule has 2 atom stereocenters. The largest absolute Gasteiger partial charge is 0.392 e. The number of aromatic nitrogens is 1. The summed E-state index contributed by atoms with van der Waals surface area (Å²) in [5.74, 6) is 0.755. The topological polar surface area (TPSA) is 62.2 Å². The molecule has 0 saturated carbocycles. The molecule has 2 aliphatic rings. The van der Waals surface area contributed by atoms with Gasteiger partial charge < -0.3 is 10.4 Å². The number of ketones is 1. The van der Waals surface area contributed by atoms with Gasteiger partial charge in [0, 0.05) is 23.8 Å². The lowest BCUT2D eigenvalue weighted by atomic mass is 9.92. The van der Waals surface area contributed by atoms with Crippen LogP contribution in [0, 0.1) is 0 Å². The Morgan fingerprint density at radius 1 is 1.17 bits per heavy atom. The fraction of sp³-hybridized carbons (Fsp3) is 0.417. The zero-order valence-corrected chi connectivity index (χ0v) is 17.3. The second-order valence-corrected chi connectivity index (χ2v) is 9.36. The van der Waals surface area contributed by atoms with Crippen LogP contribution in [-0.2, 0) is 6.42 Å². The number of aliphatic hydroxyl groups excluding tert-OH is 1. The first-order chi connectivity index (χ1) is 14.2. The molecule has 5 rings (SSSR count). The van der Waals surface area contributed by atoms with E-state index in [1.165, 1.54) is 16.1 Å². The highest BCUT2D eigenvalue weighted by molar-refractivity contribution is 7.18. The van der Waals surface area contributed by atoms with Crippen LogP contribution in [0.25, 0.3) is 10.2 Å². The SMILES string of the molecule is O=C(CC[C@H]1c2ccccc2C[C@H]1O)c1ccc2nc(C3CCNCC3)sc2c1. The summed E-state index contributed by atoms with van der Waals surface area (Å²) >= 11 is 1.74. The quantitative estimate of drug-likeness (QED) is 0.616. The maximum atomic E-state index is 12.9. The van der Waals surface area contributed by atoms with Crippen LogP contribution < -0.4 is 5.32 Å². The number of nitrogens with one attached hydrogen (secondary N) is 1. The maximum absolute atomic E-state index is 12.9. The van der Waals surface area contributed by atoms with E-state index in [1.807, 2.05) is 30.3 Å². The van der Waals surface area contributed by atoms with Crippen LogP contribution in [0.1, 0.15) is 64.0 Å². The van der Waals surface area contributed by atoms with Crippen LogP contribution in [0.5, 0.6) is 0 Å². The molecule has 5 heteroatoms. The molecule has 2 heterocycles. The molecule has 2 N–H and O–H groups in total. The summed E-state index contributed by atoms with van der Waals surface area (Å²) in [5, 5.41) is 15.0. The summed E-state index contributed by atoms with van der Waals surface area (Å²) in [4.78, 5) is 17.7. The van der Waals surface area contributed by atoms with Gasteiger partial charge in [-0.15, -0.1) is 11.3 Å². The van der Waals surface area contributed by atoms with E-state index in [0.29, 0.717) is 25.2 Å². The van der Waals surface area contributed by atoms with Crippen LogP contribution in [0.4, 0.5) is 0 Å². The van der Waals surface area contributed by atoms with Gasteiger partial charge in [-0.05, 0) is 68.1 Å². The van der Waals surface area contributed by atoms with Crippen LogP contribution in [-0.4, -0.2) is 35.1 Å². The van der Waals surface area contributed by atoms with Crippen molar-refractivity contribution in [2.75, 3.05) is 13.1 Å². The third kappa shape index (κ3) is 3.75. The minimum absolute atomic E-state index is 0.0637. The highest BCUT2D eigenvalue weighted by atomic mass is 32.1. The number of aliphatic hydroxyl groups is 1. The molecule has 1 aromatic heterocycles. The van der Waals surface area contributed by atoms with E-state index >= 15 is 0 Å². The molecule has 2 aromatic carbocycles. The van der Waals surface area contributed by atoms with E-state index < -0.39 is 0 Å². The normalized spacial score (nSPS) is 22.1. The van der Waals surface area contributed by atoms with E-state index in [0.717, 1.165) is 41.7 Å². The molecule has 3 aromatic rings. The number of carbonyl (C=O) groups excluding carboxylic acids is 1. The fourth-order valence-electron chi connectivity index (χ4n) is 4.79. The Balaban J connectivity index is 1.29. The summed E-state index contributed by atoms with van der Waals surface area (Å²) in [5.41, 5.74) is 4.19. The van der Waals surface area contributed by atoms with E-state index in [4.69, 9.17) is 4.98 Å². The van der Waals surface area contributed by atoms with Gasteiger partial charge in [0.1, 0.15) is 0 Å². The number of rotatable bonds is 5. The lowest BCUT2D eigenvalue weighted by molar-refractivity contribution is 0.0962. The molecule has 1 aliphatic carbocycles. The van der Waals surface area contributed by atoms with Crippen molar-refractivity contribution in [3.05, 3.63) is 64.2 Å². The number of benzene rings is 2. The van der Waals surface area contributed by atoms with Crippen LogP contribution in [0.2, 0.25) is 0 Å². The average Bonchev–Trinajstić information content (AvgIpc) is 3.32. The Morgan fingerprint density at radius 3 is 2.86 bits per heavy atom. The van der Waals surface area contributed by atoms with Crippen LogP contribution in [0.15, 0.2) is 42.5 Å². The molecule has 0 bridgehead atoms. The number of fused-ring (bicyclic) bond motifs is 2. The van der Waals surface area contributed by atoms with Crippen molar-refractivity contribution in [3.8, 4) is 0 Å². The number of nitrogens with zero attached hydrogens (tertiary/aromatic N) is 1. The summed E-state index contributed by atoms with van der Waals surface area (Å²) in [7, 11) is 0. The molecule has 0 spiro atoms. The molecule has 0 unspecified atom stereocenters. The monoisotopic (exact) mass is 406 g/mol. The van der Waals surface area contributed by atoms with E-state index in [1.54, 1.807) is 11.3 Å². The minimum Gasteiger partial charge on any atom is -0.392 e. The molecule has 1 aliphatic heterocycles. The molecule has 0 radical (unpaired) electrons. The molecule has 1 fully saturated rings. The second kappa shape index (κ2) is 7.98. The Kier molecular flexibility index (Phi) is 5.20. The summed E-state index contributed by atoms with van der Waals surface area (Å²) in [6.45, 7) is 2.11. The lowest BCUT2D eigenvalue weighted by Crippen LogP contribution is -2.26. The zero-order chi connectivity index (χ0) is 19.8. The highest BCUT2D eigenvalue weighted by Gasteiger charge is 2.30. The molecule has 1 saturated heterocycles. The first-order valence-electron chi connectivity index (χ1n) is 10.6. The third-order valence-electron chi connectivity index (χ3n) is 6.45. The maximum Gasteiger partial charge on any atom is 0.162 e. The zero-order valence-electron chi connectivity index (χ0n) is 16.4. The second-order valence-electron chi connectivity index (χ2n) is 8.30. The predicted molar refractivity (Wildman–Crippen MR) is 117 cm³/mol. The predicted octanol–water partition coefficient (Wildman–Crippen LogP) is 4.43. The first-order valence-corrected chi connectivity index (χ1v) is 11.4. The van der Waals surface area contributed by atoms with Gasteiger partial charge in [-0.2, -0.15) is 0 Å². The Morgan fingerprint density at radius 2 is 2.00 bits per heavy atom. The summed E-state index contributed by atoms with van der Waals surface area (Å²) in [6, 6.07) is 14.1. The van der Waals surface area contributed by atoms with Gasteiger partial charge in [0.2, 0.25) is 0 Å². The Hall–Kier alpha value is -2.08. The van der Waals surface area contributed by atoms with Gasteiger partial charge in [-0.3, -0.25) is 4.79 Å². The Bertz CT molecular complexity index is 1040. The van der Waals surface area contributed by atoms with Crippen molar-refractivity contribution in [1.29, 1.82) is 0 Å². The number of Topliss-reactive ketones (excluding diaryl/α,β-unsaturated/α-hetero) is 1. The van der Waals surface area contributed by atoms with Gasteiger partial charge >= 0.3 is 0 Å². The minimum atomic E-state index is -0.378. The van der Waals surface area contributed by atoms with Gasteiger partial charge in [-0.1, -0.05) is 24.3 Å². The van der Waals surface area contributed by atoms with Gasteiger partial charge in [0.25, 0.3) is 0 Å². The van der Waals surface area contributed by atoms with Crippen molar-refractivity contribution in [2.45, 2.75) is 50.0 Å². The molecule has 4 nitrogen and oxygen atoms in total.